The van der Waals surface area contributed by atoms with Crippen LogP contribution < -0.4 is 5.56 Å². The van der Waals surface area contributed by atoms with Crippen LogP contribution >= 0.6 is 0 Å². The van der Waals surface area contributed by atoms with Crippen LogP contribution in [0.15, 0.2) is 29.1 Å². The molecule has 1 aromatic carbocycles. The number of aromatic amines is 1. The molecule has 0 radical (unpaired) electrons. The van der Waals surface area contributed by atoms with Gasteiger partial charge in [-0.15, -0.1) is 0 Å². The van der Waals surface area contributed by atoms with E-state index in [1.807, 2.05) is 33.2 Å². The van der Waals surface area contributed by atoms with E-state index in [1.165, 1.54) is 5.56 Å². The van der Waals surface area contributed by atoms with E-state index in [1.54, 1.807) is 7.11 Å². The molecule has 5 heteroatoms. The zero-order valence-corrected chi connectivity index (χ0v) is 13.6. The summed E-state index contributed by atoms with van der Waals surface area (Å²) in [6, 6.07) is 8.08. The number of nitrogens with one attached hydrogen (secondary N) is 1. The molecule has 0 amide bonds. The van der Waals surface area contributed by atoms with Crippen molar-refractivity contribution in [2.24, 2.45) is 0 Å². The first-order chi connectivity index (χ1) is 10.5. The lowest BCUT2D eigenvalue weighted by molar-refractivity contribution is 0.180. The highest BCUT2D eigenvalue weighted by atomic mass is 16.5. The second kappa shape index (κ2) is 7.33. The molecule has 0 fully saturated rings. The topological polar surface area (TPSA) is 58.2 Å². The SMILES string of the molecule is CCc1c(COC)nc(-c2ccc(CN(C)C)cc2)[nH]c1=O. The smallest absolute Gasteiger partial charge is 0.254 e. The van der Waals surface area contributed by atoms with Gasteiger partial charge in [0.15, 0.2) is 0 Å². The molecule has 0 atom stereocenters. The first-order valence-electron chi connectivity index (χ1n) is 7.40. The number of H-pyrrole nitrogens is 1. The maximum absolute atomic E-state index is 12.2. The lowest BCUT2D eigenvalue weighted by atomic mass is 10.1. The highest BCUT2D eigenvalue weighted by Crippen LogP contribution is 2.17. The van der Waals surface area contributed by atoms with Gasteiger partial charge < -0.3 is 14.6 Å². The maximum Gasteiger partial charge on any atom is 0.254 e. The Bertz CT molecular complexity index is 675. The van der Waals surface area contributed by atoms with Crippen LogP contribution in [0.25, 0.3) is 11.4 Å². The van der Waals surface area contributed by atoms with Crippen LogP contribution in [0.3, 0.4) is 0 Å². The average Bonchev–Trinajstić information content (AvgIpc) is 2.47. The third-order valence-electron chi connectivity index (χ3n) is 3.46. The van der Waals surface area contributed by atoms with E-state index in [9.17, 15) is 4.79 Å². The number of aromatic nitrogens is 2. The van der Waals surface area contributed by atoms with Crippen LogP contribution in [-0.2, 0) is 24.3 Å². The Morgan fingerprint density at radius 3 is 2.45 bits per heavy atom. The van der Waals surface area contributed by atoms with E-state index in [0.717, 1.165) is 12.1 Å². The van der Waals surface area contributed by atoms with Crippen molar-refractivity contribution in [3.8, 4) is 11.4 Å². The molecule has 0 aliphatic heterocycles. The molecular formula is C17H23N3O2. The average molecular weight is 301 g/mol. The molecule has 2 rings (SSSR count). The van der Waals surface area contributed by atoms with Crippen molar-refractivity contribution in [3.05, 3.63) is 51.4 Å². The zero-order chi connectivity index (χ0) is 16.1. The second-order valence-corrected chi connectivity index (χ2v) is 5.56. The summed E-state index contributed by atoms with van der Waals surface area (Å²) in [5, 5.41) is 0. The van der Waals surface area contributed by atoms with Gasteiger partial charge in [-0.25, -0.2) is 4.98 Å². The normalized spacial score (nSPS) is 11.1. The molecule has 1 aromatic heterocycles. The van der Waals surface area contributed by atoms with Crippen molar-refractivity contribution in [1.29, 1.82) is 0 Å². The third-order valence-corrected chi connectivity index (χ3v) is 3.46. The van der Waals surface area contributed by atoms with Gasteiger partial charge in [0.05, 0.1) is 12.3 Å². The predicted molar refractivity (Wildman–Crippen MR) is 87.8 cm³/mol. The van der Waals surface area contributed by atoms with Gasteiger partial charge >= 0.3 is 0 Å². The number of methoxy groups -OCH3 is 1. The molecule has 5 nitrogen and oxygen atoms in total. The summed E-state index contributed by atoms with van der Waals surface area (Å²) in [5.41, 5.74) is 3.44. The van der Waals surface area contributed by atoms with Crippen LogP contribution in [0.5, 0.6) is 0 Å². The second-order valence-electron chi connectivity index (χ2n) is 5.56. The molecule has 1 N–H and O–H groups in total. The Morgan fingerprint density at radius 2 is 1.91 bits per heavy atom. The number of ether oxygens (including phenoxy) is 1. The largest absolute Gasteiger partial charge is 0.378 e. The van der Waals surface area contributed by atoms with Crippen LogP contribution in [0.4, 0.5) is 0 Å². The molecule has 0 aliphatic rings. The monoisotopic (exact) mass is 301 g/mol. The van der Waals surface area contributed by atoms with Crippen LogP contribution in [0, 0.1) is 0 Å². The predicted octanol–water partition coefficient (Wildman–Crippen LogP) is 2.21. The van der Waals surface area contributed by atoms with Gasteiger partial charge in [0, 0.05) is 24.8 Å². The molecule has 22 heavy (non-hydrogen) atoms. The Kier molecular flexibility index (Phi) is 5.46. The van der Waals surface area contributed by atoms with E-state index < -0.39 is 0 Å². The van der Waals surface area contributed by atoms with E-state index in [4.69, 9.17) is 4.74 Å². The van der Waals surface area contributed by atoms with Crippen LogP contribution in [0.1, 0.15) is 23.7 Å². The summed E-state index contributed by atoms with van der Waals surface area (Å²) in [4.78, 5) is 21.7. The first-order valence-corrected chi connectivity index (χ1v) is 7.40. The molecule has 0 saturated carbocycles. The van der Waals surface area contributed by atoms with Gasteiger partial charge in [0.1, 0.15) is 5.82 Å². The van der Waals surface area contributed by atoms with Gasteiger partial charge in [-0.05, 0) is 26.1 Å². The molecule has 0 saturated heterocycles. The van der Waals surface area contributed by atoms with Gasteiger partial charge in [-0.3, -0.25) is 4.79 Å². The summed E-state index contributed by atoms with van der Waals surface area (Å²) < 4.78 is 5.16. The summed E-state index contributed by atoms with van der Waals surface area (Å²) in [6.45, 7) is 3.17. The summed E-state index contributed by atoms with van der Waals surface area (Å²) in [5.74, 6) is 0.589. The summed E-state index contributed by atoms with van der Waals surface area (Å²) >= 11 is 0. The van der Waals surface area contributed by atoms with Crippen molar-refractivity contribution in [2.45, 2.75) is 26.5 Å². The quantitative estimate of drug-likeness (QED) is 0.888. The van der Waals surface area contributed by atoms with E-state index >= 15 is 0 Å². The molecule has 0 spiro atoms. The Hall–Kier alpha value is -1.98. The van der Waals surface area contributed by atoms with Gasteiger partial charge in [0.2, 0.25) is 0 Å². The Morgan fingerprint density at radius 1 is 1.23 bits per heavy atom. The molecular weight excluding hydrogens is 278 g/mol. The molecule has 0 unspecified atom stereocenters. The minimum absolute atomic E-state index is 0.0862. The minimum Gasteiger partial charge on any atom is -0.378 e. The maximum atomic E-state index is 12.2. The van der Waals surface area contributed by atoms with Gasteiger partial charge in [-0.1, -0.05) is 31.2 Å². The number of nitrogens with zero attached hydrogens (tertiary/aromatic N) is 2. The molecule has 1 heterocycles. The number of hydrogen-bond donors (Lipinski definition) is 1. The standard InChI is InChI=1S/C17H23N3O2/c1-5-14-15(11-22-4)18-16(19-17(14)21)13-8-6-12(7-9-13)10-20(2)3/h6-9H,5,10-11H2,1-4H3,(H,18,19,21). The minimum atomic E-state index is -0.0862. The van der Waals surface area contributed by atoms with Gasteiger partial charge in [0.25, 0.3) is 5.56 Å². The van der Waals surface area contributed by atoms with Crippen molar-refractivity contribution in [3.63, 3.8) is 0 Å². The van der Waals surface area contributed by atoms with Crippen molar-refractivity contribution >= 4 is 0 Å². The van der Waals surface area contributed by atoms with Crippen LogP contribution in [-0.4, -0.2) is 36.1 Å². The number of benzene rings is 1. The lowest BCUT2D eigenvalue weighted by Crippen LogP contribution is -2.18. The van der Waals surface area contributed by atoms with Crippen molar-refractivity contribution in [1.82, 2.24) is 14.9 Å². The fourth-order valence-corrected chi connectivity index (χ4v) is 2.44. The lowest BCUT2D eigenvalue weighted by Gasteiger charge is -2.11. The molecule has 0 bridgehead atoms. The highest BCUT2D eigenvalue weighted by molar-refractivity contribution is 5.55. The molecule has 2 aromatic rings. The Labute approximate surface area is 131 Å². The summed E-state index contributed by atoms with van der Waals surface area (Å²) in [7, 11) is 5.68. The first kappa shape index (κ1) is 16.4. The van der Waals surface area contributed by atoms with E-state index in [2.05, 4.69) is 27.0 Å². The van der Waals surface area contributed by atoms with E-state index in [0.29, 0.717) is 30.1 Å². The molecule has 118 valence electrons. The molecule has 0 aliphatic carbocycles. The zero-order valence-electron chi connectivity index (χ0n) is 13.6. The number of rotatable bonds is 6. The fourth-order valence-electron chi connectivity index (χ4n) is 2.44. The third kappa shape index (κ3) is 3.81. The van der Waals surface area contributed by atoms with Crippen molar-refractivity contribution < 1.29 is 4.74 Å². The van der Waals surface area contributed by atoms with Crippen molar-refractivity contribution in [2.75, 3.05) is 21.2 Å². The summed E-state index contributed by atoms with van der Waals surface area (Å²) in [6.07, 6.45) is 0.642. The Balaban J connectivity index is 2.38. The van der Waals surface area contributed by atoms with Crippen LogP contribution in [0.2, 0.25) is 0 Å². The van der Waals surface area contributed by atoms with E-state index in [-0.39, 0.29) is 5.56 Å². The fraction of sp³-hybridized carbons (Fsp3) is 0.412. The highest BCUT2D eigenvalue weighted by Gasteiger charge is 2.11. The van der Waals surface area contributed by atoms with Gasteiger partial charge in [-0.2, -0.15) is 0 Å². The number of hydrogen-bond acceptors (Lipinski definition) is 4.